The smallest absolute Gasteiger partial charge is 0.335 e. The van der Waals surface area contributed by atoms with Gasteiger partial charge in [0.25, 0.3) is 0 Å². The summed E-state index contributed by atoms with van der Waals surface area (Å²) < 4.78 is 31.5. The number of hydrogen-bond donors (Lipinski definition) is 1. The lowest BCUT2D eigenvalue weighted by atomic mass is 10.1. The van der Waals surface area contributed by atoms with E-state index in [1.165, 1.54) is 23.5 Å². The average Bonchev–Trinajstić information content (AvgIpc) is 2.46. The molecule has 0 atom stereocenters. The Morgan fingerprint density at radius 2 is 2.00 bits per heavy atom. The molecule has 1 aromatic rings. The van der Waals surface area contributed by atoms with E-state index >= 15 is 0 Å². The van der Waals surface area contributed by atoms with Crippen molar-refractivity contribution in [1.29, 1.82) is 0 Å². The van der Waals surface area contributed by atoms with E-state index in [1.54, 1.807) is 6.07 Å². The van der Waals surface area contributed by atoms with Crippen LogP contribution in [0.5, 0.6) is 0 Å². The van der Waals surface area contributed by atoms with Crippen LogP contribution < -0.4 is 0 Å². The predicted molar refractivity (Wildman–Crippen MR) is 79.1 cm³/mol. The quantitative estimate of drug-likeness (QED) is 0.737. The van der Waals surface area contributed by atoms with E-state index in [-0.39, 0.29) is 17.0 Å². The molecular formula is C14H21NO5S. The van der Waals surface area contributed by atoms with E-state index in [9.17, 15) is 13.2 Å². The van der Waals surface area contributed by atoms with Crippen LogP contribution in [0, 0.1) is 0 Å². The van der Waals surface area contributed by atoms with Gasteiger partial charge in [0.1, 0.15) is 0 Å². The summed E-state index contributed by atoms with van der Waals surface area (Å²) in [6, 6.07) is 4.18. The number of benzene rings is 1. The fourth-order valence-electron chi connectivity index (χ4n) is 1.85. The summed E-state index contributed by atoms with van der Waals surface area (Å²) in [5.41, 5.74) is 0.562. The van der Waals surface area contributed by atoms with Crippen molar-refractivity contribution in [2.45, 2.75) is 25.2 Å². The lowest BCUT2D eigenvalue weighted by Crippen LogP contribution is -2.31. The van der Waals surface area contributed by atoms with Crippen LogP contribution in [-0.4, -0.2) is 50.6 Å². The number of carboxylic acid groups (broad SMARTS) is 1. The van der Waals surface area contributed by atoms with Crippen molar-refractivity contribution in [3.8, 4) is 0 Å². The zero-order valence-corrected chi connectivity index (χ0v) is 13.3. The van der Waals surface area contributed by atoms with E-state index in [2.05, 4.69) is 0 Å². The summed E-state index contributed by atoms with van der Waals surface area (Å²) in [5, 5.41) is 9.02. The molecule has 1 aromatic carbocycles. The van der Waals surface area contributed by atoms with Gasteiger partial charge in [-0.15, -0.1) is 0 Å². The second-order valence-electron chi connectivity index (χ2n) is 4.50. The minimum absolute atomic E-state index is 0.0380. The Bertz CT molecular complexity index is 597. The largest absolute Gasteiger partial charge is 0.478 e. The molecule has 0 aromatic heterocycles. The van der Waals surface area contributed by atoms with Gasteiger partial charge in [0.15, 0.2) is 0 Å². The predicted octanol–water partition coefficient (Wildman–Crippen LogP) is 1.60. The summed E-state index contributed by atoms with van der Waals surface area (Å²) in [6.45, 7) is 4.69. The molecule has 7 heteroatoms. The monoisotopic (exact) mass is 315 g/mol. The van der Waals surface area contributed by atoms with Crippen LogP contribution in [0.4, 0.5) is 0 Å². The molecule has 0 heterocycles. The molecule has 0 aliphatic carbocycles. The molecule has 21 heavy (non-hydrogen) atoms. The molecule has 0 amide bonds. The second-order valence-corrected chi connectivity index (χ2v) is 6.52. The van der Waals surface area contributed by atoms with Crippen molar-refractivity contribution in [3.63, 3.8) is 0 Å². The average molecular weight is 315 g/mol. The first kappa shape index (κ1) is 17.6. The van der Waals surface area contributed by atoms with Crippen molar-refractivity contribution in [2.24, 2.45) is 0 Å². The van der Waals surface area contributed by atoms with Gasteiger partial charge in [0.05, 0.1) is 17.1 Å². The summed E-state index contributed by atoms with van der Waals surface area (Å²) in [4.78, 5) is 11.1. The van der Waals surface area contributed by atoms with Crippen molar-refractivity contribution < 1.29 is 23.1 Å². The Labute approximate surface area is 125 Å². The van der Waals surface area contributed by atoms with Gasteiger partial charge in [-0.3, -0.25) is 0 Å². The van der Waals surface area contributed by atoms with E-state index in [1.807, 2.05) is 13.8 Å². The Morgan fingerprint density at radius 3 is 2.52 bits per heavy atom. The SMILES string of the molecule is CCOCCN(C)S(=O)(=O)c1cc(C(=O)O)ccc1CC. The number of hydrogen-bond acceptors (Lipinski definition) is 4. The Morgan fingerprint density at radius 1 is 1.33 bits per heavy atom. The third-order valence-electron chi connectivity index (χ3n) is 3.14. The van der Waals surface area contributed by atoms with Gasteiger partial charge in [-0.2, -0.15) is 4.31 Å². The van der Waals surface area contributed by atoms with Gasteiger partial charge in [0.2, 0.25) is 10.0 Å². The molecule has 0 aliphatic rings. The van der Waals surface area contributed by atoms with Gasteiger partial charge >= 0.3 is 5.97 Å². The molecule has 0 saturated heterocycles. The van der Waals surface area contributed by atoms with Crippen molar-refractivity contribution in [3.05, 3.63) is 29.3 Å². The third kappa shape index (κ3) is 4.26. The van der Waals surface area contributed by atoms with E-state index in [0.717, 1.165) is 0 Å². The van der Waals surface area contributed by atoms with Crippen LogP contribution in [0.25, 0.3) is 0 Å². The normalized spacial score (nSPS) is 11.8. The van der Waals surface area contributed by atoms with Crippen LogP contribution >= 0.6 is 0 Å². The van der Waals surface area contributed by atoms with Crippen LogP contribution in [0.2, 0.25) is 0 Å². The minimum Gasteiger partial charge on any atom is -0.478 e. The first-order valence-corrected chi connectivity index (χ1v) is 8.18. The van der Waals surface area contributed by atoms with Crippen LogP contribution in [0.15, 0.2) is 23.1 Å². The highest BCUT2D eigenvalue weighted by atomic mass is 32.2. The van der Waals surface area contributed by atoms with Crippen molar-refractivity contribution >= 4 is 16.0 Å². The van der Waals surface area contributed by atoms with Gasteiger partial charge in [0, 0.05) is 20.2 Å². The van der Waals surface area contributed by atoms with Gasteiger partial charge in [-0.1, -0.05) is 13.0 Å². The number of sulfonamides is 1. The molecular weight excluding hydrogens is 294 g/mol. The van der Waals surface area contributed by atoms with Crippen LogP contribution in [0.3, 0.4) is 0 Å². The minimum atomic E-state index is -3.73. The van der Waals surface area contributed by atoms with Crippen LogP contribution in [-0.2, 0) is 21.2 Å². The Kier molecular flexibility index (Phi) is 6.32. The molecule has 6 nitrogen and oxygen atoms in total. The fraction of sp³-hybridized carbons (Fsp3) is 0.500. The van der Waals surface area contributed by atoms with Crippen LogP contribution in [0.1, 0.15) is 29.8 Å². The number of aromatic carboxylic acids is 1. The summed E-state index contributed by atoms with van der Waals surface area (Å²) in [7, 11) is -2.27. The first-order valence-electron chi connectivity index (χ1n) is 6.74. The van der Waals surface area contributed by atoms with Crippen molar-refractivity contribution in [1.82, 2.24) is 4.31 Å². The maximum Gasteiger partial charge on any atom is 0.335 e. The third-order valence-corrected chi connectivity index (χ3v) is 5.08. The molecule has 0 radical (unpaired) electrons. The zero-order valence-electron chi connectivity index (χ0n) is 12.5. The molecule has 0 saturated carbocycles. The lowest BCUT2D eigenvalue weighted by molar-refractivity contribution is 0.0696. The summed E-state index contributed by atoms with van der Waals surface area (Å²) in [6.07, 6.45) is 0.508. The number of aryl methyl sites for hydroxylation is 1. The molecule has 118 valence electrons. The number of carboxylic acids is 1. The highest BCUT2D eigenvalue weighted by Gasteiger charge is 2.24. The second kappa shape index (κ2) is 7.53. The van der Waals surface area contributed by atoms with Gasteiger partial charge < -0.3 is 9.84 Å². The Hall–Kier alpha value is -1.44. The lowest BCUT2D eigenvalue weighted by Gasteiger charge is -2.19. The number of carbonyl (C=O) groups is 1. The fourth-order valence-corrected chi connectivity index (χ4v) is 3.32. The number of ether oxygens (including phenoxy) is 1. The summed E-state index contributed by atoms with van der Waals surface area (Å²) in [5.74, 6) is -1.15. The molecule has 0 bridgehead atoms. The highest BCUT2D eigenvalue weighted by molar-refractivity contribution is 7.89. The molecule has 1 rings (SSSR count). The zero-order chi connectivity index (χ0) is 16.0. The van der Waals surface area contributed by atoms with Gasteiger partial charge in [-0.25, -0.2) is 13.2 Å². The maximum atomic E-state index is 12.6. The molecule has 1 N–H and O–H groups in total. The molecule has 0 aliphatic heterocycles. The van der Waals surface area contributed by atoms with E-state index in [0.29, 0.717) is 25.2 Å². The Balaban J connectivity index is 3.16. The number of rotatable bonds is 8. The topological polar surface area (TPSA) is 83.9 Å². The van der Waals surface area contributed by atoms with Crippen molar-refractivity contribution in [2.75, 3.05) is 26.8 Å². The molecule has 0 spiro atoms. The summed E-state index contributed by atoms with van der Waals surface area (Å²) >= 11 is 0. The molecule has 0 unspecified atom stereocenters. The van der Waals surface area contributed by atoms with E-state index in [4.69, 9.17) is 9.84 Å². The van der Waals surface area contributed by atoms with E-state index < -0.39 is 16.0 Å². The van der Waals surface area contributed by atoms with Gasteiger partial charge in [-0.05, 0) is 31.0 Å². The highest BCUT2D eigenvalue weighted by Crippen LogP contribution is 2.22. The maximum absolute atomic E-state index is 12.6. The number of nitrogens with zero attached hydrogens (tertiary/aromatic N) is 1. The first-order chi connectivity index (χ1) is 9.84. The standard InChI is InChI=1S/C14H21NO5S/c1-4-11-6-7-12(14(16)17)10-13(11)21(18,19)15(3)8-9-20-5-2/h6-7,10H,4-5,8-9H2,1-3H3,(H,16,17). The number of likely N-dealkylation sites (N-methyl/N-ethyl adjacent to an activating group) is 1. The molecule has 0 fully saturated rings.